The molecule has 0 aliphatic rings. The summed E-state index contributed by atoms with van der Waals surface area (Å²) in [6.45, 7) is 4.48. The third kappa shape index (κ3) is 61.8. The molecule has 450 valence electrons. The standard InChI is InChI=1S/C70H119N2O6P/c1-6-8-10-12-14-16-18-20-22-24-26-28-30-32-33-34-35-36-37-38-39-40-42-44-46-48-50-52-54-56-58-60-62-64-70(74)71-68(67-78-79(75,76)77-66-65-72(3,4)5)69(73)63-61-59-57-55-53-51-49-47-45-43-41-31-29-27-25-23-21-19-17-15-13-11-9-7-2/h8,10,14,16,20,22,26,28,32-33,35-36,38-39,42,44,48,50,53-56,61,63,68-69,73H,6-7,9,11-13,15,17-19,21,23-25,27,29-31,34,37,40-41,43,45-47,49,51-52,57-60,62,64-67H2,1-5H3,(H-,71,74,75,76)/b10-8-,16-14-,22-20-,28-26-,33-32-,36-35-,39-38-,44-42-,50-48-,55-53+,56-54-,63-61+. The molecule has 0 fully saturated rings. The minimum atomic E-state index is -4.63. The number of hydrogen-bond acceptors (Lipinski definition) is 6. The number of aliphatic hydroxyl groups excluding tert-OH is 1. The van der Waals surface area contributed by atoms with E-state index in [1.807, 2.05) is 27.2 Å². The quantitative estimate of drug-likeness (QED) is 0.0272. The number of carbonyl (C=O) groups excluding carboxylic acids is 1. The van der Waals surface area contributed by atoms with E-state index in [2.05, 4.69) is 153 Å². The van der Waals surface area contributed by atoms with Crippen molar-refractivity contribution >= 4 is 13.7 Å². The van der Waals surface area contributed by atoms with E-state index >= 15 is 0 Å². The maximum absolute atomic E-state index is 13.0. The Morgan fingerprint density at radius 1 is 0.456 bits per heavy atom. The number of carbonyl (C=O) groups is 1. The van der Waals surface area contributed by atoms with Crippen LogP contribution in [0.1, 0.15) is 239 Å². The lowest BCUT2D eigenvalue weighted by molar-refractivity contribution is -0.870. The summed E-state index contributed by atoms with van der Waals surface area (Å²) in [6.07, 6.45) is 90.9. The Labute approximate surface area is 487 Å². The fraction of sp³-hybridized carbons (Fsp3) is 0.643. The predicted octanol–water partition coefficient (Wildman–Crippen LogP) is 19.4. The molecule has 79 heavy (non-hydrogen) atoms. The number of aliphatic hydroxyl groups is 1. The first-order valence-corrected chi connectivity index (χ1v) is 33.2. The van der Waals surface area contributed by atoms with Gasteiger partial charge in [-0.15, -0.1) is 0 Å². The van der Waals surface area contributed by atoms with Crippen LogP contribution < -0.4 is 10.2 Å². The molecule has 0 spiro atoms. The third-order valence-corrected chi connectivity index (χ3v) is 14.2. The molecule has 3 unspecified atom stereocenters. The van der Waals surface area contributed by atoms with E-state index in [1.54, 1.807) is 6.08 Å². The molecule has 0 bridgehead atoms. The van der Waals surface area contributed by atoms with Crippen LogP contribution >= 0.6 is 7.82 Å². The molecule has 0 aliphatic carbocycles. The average molecular weight is 1120 g/mol. The largest absolute Gasteiger partial charge is 0.756 e. The molecule has 0 radical (unpaired) electrons. The number of rotatable bonds is 56. The van der Waals surface area contributed by atoms with Crippen LogP contribution in [0, 0.1) is 0 Å². The van der Waals surface area contributed by atoms with Crippen LogP contribution in [0.2, 0.25) is 0 Å². The zero-order valence-corrected chi connectivity index (χ0v) is 52.2. The van der Waals surface area contributed by atoms with E-state index in [9.17, 15) is 19.4 Å². The van der Waals surface area contributed by atoms with Crippen LogP contribution in [0.4, 0.5) is 0 Å². The number of phosphoric acid groups is 1. The van der Waals surface area contributed by atoms with Gasteiger partial charge in [-0.3, -0.25) is 9.36 Å². The molecule has 0 aromatic heterocycles. The molecule has 2 N–H and O–H groups in total. The predicted molar refractivity (Wildman–Crippen MR) is 343 cm³/mol. The van der Waals surface area contributed by atoms with Crippen molar-refractivity contribution in [2.24, 2.45) is 0 Å². The second-order valence-electron chi connectivity index (χ2n) is 22.0. The Kier molecular flexibility index (Phi) is 56.3. The van der Waals surface area contributed by atoms with Gasteiger partial charge < -0.3 is 28.8 Å². The highest BCUT2D eigenvalue weighted by Gasteiger charge is 2.23. The van der Waals surface area contributed by atoms with E-state index in [-0.39, 0.29) is 18.9 Å². The number of phosphoric ester groups is 1. The van der Waals surface area contributed by atoms with Crippen molar-refractivity contribution in [3.63, 3.8) is 0 Å². The smallest absolute Gasteiger partial charge is 0.268 e. The monoisotopic (exact) mass is 1110 g/mol. The SMILES string of the molecule is CC/C=C\C/C=C\C/C=C\C/C=C\C/C=C\C/C=C\C/C=C\C/C=C\C/C=C\C/C=C\CCCCC(=O)NC(COP(=O)([O-])OCC[N+](C)(C)C)C(O)/C=C/CC/C=C/CCCCCCCCCCCCCCCCCCCC. The van der Waals surface area contributed by atoms with E-state index in [4.69, 9.17) is 9.05 Å². The fourth-order valence-electron chi connectivity index (χ4n) is 8.37. The molecule has 0 aromatic rings. The summed E-state index contributed by atoms with van der Waals surface area (Å²) in [4.78, 5) is 25.5. The molecule has 0 saturated carbocycles. The Morgan fingerprint density at radius 3 is 1.18 bits per heavy atom. The van der Waals surface area contributed by atoms with E-state index in [0.29, 0.717) is 17.4 Å². The molecule has 0 aromatic carbocycles. The van der Waals surface area contributed by atoms with Gasteiger partial charge in [0.2, 0.25) is 5.91 Å². The van der Waals surface area contributed by atoms with Crippen molar-refractivity contribution in [1.82, 2.24) is 5.32 Å². The molecular weight excluding hydrogens is 996 g/mol. The van der Waals surface area contributed by atoms with Crippen molar-refractivity contribution in [1.29, 1.82) is 0 Å². The number of hydrogen-bond donors (Lipinski definition) is 2. The summed E-state index contributed by atoms with van der Waals surface area (Å²) >= 11 is 0. The van der Waals surface area contributed by atoms with Gasteiger partial charge in [0.15, 0.2) is 0 Å². The van der Waals surface area contributed by atoms with Crippen molar-refractivity contribution < 1.29 is 32.9 Å². The van der Waals surface area contributed by atoms with Crippen molar-refractivity contribution in [3.8, 4) is 0 Å². The summed E-state index contributed by atoms with van der Waals surface area (Å²) < 4.78 is 23.3. The zero-order valence-electron chi connectivity index (χ0n) is 51.3. The highest BCUT2D eigenvalue weighted by atomic mass is 31.2. The number of nitrogens with zero attached hydrogens (tertiary/aromatic N) is 1. The molecule has 0 saturated heterocycles. The lowest BCUT2D eigenvalue weighted by Crippen LogP contribution is -2.45. The van der Waals surface area contributed by atoms with Crippen LogP contribution in [-0.2, 0) is 18.4 Å². The third-order valence-electron chi connectivity index (χ3n) is 13.3. The van der Waals surface area contributed by atoms with Gasteiger partial charge in [-0.25, -0.2) is 0 Å². The number of nitrogens with one attached hydrogen (secondary N) is 1. The molecular formula is C70H119N2O6P. The van der Waals surface area contributed by atoms with E-state index < -0.39 is 26.6 Å². The van der Waals surface area contributed by atoms with Gasteiger partial charge in [0.05, 0.1) is 39.9 Å². The lowest BCUT2D eigenvalue weighted by Gasteiger charge is -2.29. The number of allylic oxidation sites excluding steroid dienone is 23. The lowest BCUT2D eigenvalue weighted by atomic mass is 10.0. The highest BCUT2D eigenvalue weighted by molar-refractivity contribution is 7.45. The molecule has 0 rings (SSSR count). The molecule has 3 atom stereocenters. The number of likely N-dealkylation sites (N-methyl/N-ethyl adjacent to an activating group) is 1. The Hall–Kier alpha value is -3.62. The fourth-order valence-corrected chi connectivity index (χ4v) is 9.10. The van der Waals surface area contributed by atoms with Gasteiger partial charge >= 0.3 is 0 Å². The minimum Gasteiger partial charge on any atom is -0.756 e. The van der Waals surface area contributed by atoms with Crippen LogP contribution in [0.5, 0.6) is 0 Å². The van der Waals surface area contributed by atoms with Crippen molar-refractivity contribution in [2.75, 3.05) is 40.9 Å². The number of amides is 1. The Bertz CT molecular complexity index is 1790. The molecule has 0 aliphatic heterocycles. The normalized spacial score (nSPS) is 14.8. The van der Waals surface area contributed by atoms with Crippen LogP contribution in [-0.4, -0.2) is 68.5 Å². The first-order valence-electron chi connectivity index (χ1n) is 31.7. The Morgan fingerprint density at radius 2 is 0.785 bits per heavy atom. The summed E-state index contributed by atoms with van der Waals surface area (Å²) in [5.74, 6) is -0.254. The second kappa shape index (κ2) is 59.0. The number of quaternary nitrogens is 1. The van der Waals surface area contributed by atoms with Crippen molar-refractivity contribution in [2.45, 2.75) is 251 Å². The van der Waals surface area contributed by atoms with Crippen molar-refractivity contribution in [3.05, 3.63) is 146 Å². The minimum absolute atomic E-state index is 0.0232. The molecule has 0 heterocycles. The van der Waals surface area contributed by atoms with Crippen LogP contribution in [0.15, 0.2) is 146 Å². The average Bonchev–Trinajstić information content (AvgIpc) is 3.42. The number of unbranched alkanes of at least 4 members (excludes halogenated alkanes) is 21. The van der Waals surface area contributed by atoms with Gasteiger partial charge in [0.1, 0.15) is 13.2 Å². The van der Waals surface area contributed by atoms with E-state index in [1.165, 1.54) is 116 Å². The van der Waals surface area contributed by atoms with Gasteiger partial charge in [0, 0.05) is 6.42 Å². The zero-order chi connectivity index (χ0) is 57.7. The molecule has 8 nitrogen and oxygen atoms in total. The highest BCUT2D eigenvalue weighted by Crippen LogP contribution is 2.38. The maximum Gasteiger partial charge on any atom is 0.268 e. The molecule has 9 heteroatoms. The van der Waals surface area contributed by atoms with Crippen LogP contribution in [0.3, 0.4) is 0 Å². The Balaban J connectivity index is 4.35. The first-order chi connectivity index (χ1) is 38.5. The summed E-state index contributed by atoms with van der Waals surface area (Å²) in [7, 11) is 1.19. The topological polar surface area (TPSA) is 108 Å². The summed E-state index contributed by atoms with van der Waals surface area (Å²) in [5.41, 5.74) is 0. The van der Waals surface area contributed by atoms with Gasteiger partial charge in [-0.2, -0.15) is 0 Å². The summed E-state index contributed by atoms with van der Waals surface area (Å²) in [5, 5.41) is 13.9. The maximum atomic E-state index is 13.0. The van der Waals surface area contributed by atoms with Gasteiger partial charge in [-0.05, 0) is 109 Å². The second-order valence-corrected chi connectivity index (χ2v) is 23.4. The molecule has 1 amide bonds. The van der Waals surface area contributed by atoms with E-state index in [0.717, 1.165) is 96.3 Å². The summed E-state index contributed by atoms with van der Waals surface area (Å²) in [6, 6.07) is -0.940. The first kappa shape index (κ1) is 75.4. The van der Waals surface area contributed by atoms with Gasteiger partial charge in [-0.1, -0.05) is 269 Å². The van der Waals surface area contributed by atoms with Crippen LogP contribution in [0.25, 0.3) is 0 Å². The van der Waals surface area contributed by atoms with Gasteiger partial charge in [0.25, 0.3) is 7.82 Å².